The zero-order valence-corrected chi connectivity index (χ0v) is 13.7. The van der Waals surface area contributed by atoms with E-state index >= 15 is 0 Å². The Bertz CT molecular complexity index is 754. The summed E-state index contributed by atoms with van der Waals surface area (Å²) >= 11 is 6.65. The molecule has 1 aromatic carbocycles. The van der Waals surface area contributed by atoms with Crippen molar-refractivity contribution in [2.45, 2.75) is 16.9 Å². The van der Waals surface area contributed by atoms with E-state index in [4.69, 9.17) is 11.6 Å². The molecule has 2 rings (SSSR count). The zero-order valence-electron chi connectivity index (χ0n) is 11.3. The third-order valence-corrected chi connectivity index (χ3v) is 6.40. The summed E-state index contributed by atoms with van der Waals surface area (Å²) in [5, 5.41) is 0. The lowest BCUT2D eigenvalue weighted by molar-refractivity contribution is -0.137. The second-order valence-corrected chi connectivity index (χ2v) is 8.50. The highest BCUT2D eigenvalue weighted by Gasteiger charge is 2.30. The smallest absolute Gasteiger partial charge is 0.206 e. The van der Waals surface area contributed by atoms with Gasteiger partial charge in [-0.3, -0.25) is 0 Å². The summed E-state index contributed by atoms with van der Waals surface area (Å²) in [5.74, 6) is 0. The molecule has 0 aliphatic rings. The molecule has 0 aliphatic heterocycles. The molecule has 0 aliphatic carbocycles. The standard InChI is InChI=1S/C13H11ClF3NO2S2/c1-18(22(19,20)12-7-6-11(14)21-12)8-9-2-4-10(5-3-9)13(15,16)17/h2-7H,8H2,1H3. The van der Waals surface area contributed by atoms with Crippen LogP contribution in [0.5, 0.6) is 0 Å². The largest absolute Gasteiger partial charge is 0.416 e. The van der Waals surface area contributed by atoms with Crippen molar-refractivity contribution in [1.29, 1.82) is 0 Å². The van der Waals surface area contributed by atoms with Crippen LogP contribution in [0.3, 0.4) is 0 Å². The highest BCUT2D eigenvalue weighted by atomic mass is 35.5. The van der Waals surface area contributed by atoms with Crippen molar-refractivity contribution in [1.82, 2.24) is 4.31 Å². The Morgan fingerprint density at radius 3 is 2.18 bits per heavy atom. The van der Waals surface area contributed by atoms with E-state index in [2.05, 4.69) is 0 Å². The SMILES string of the molecule is CN(Cc1ccc(C(F)(F)F)cc1)S(=O)(=O)c1ccc(Cl)s1. The highest BCUT2D eigenvalue weighted by molar-refractivity contribution is 7.91. The Kier molecular flexibility index (Phi) is 4.86. The molecule has 0 fully saturated rings. The van der Waals surface area contributed by atoms with Gasteiger partial charge in [0.05, 0.1) is 9.90 Å². The Hall–Kier alpha value is -1.09. The molecule has 0 unspecified atom stereocenters. The van der Waals surface area contributed by atoms with E-state index in [-0.39, 0.29) is 10.8 Å². The lowest BCUT2D eigenvalue weighted by Gasteiger charge is -2.16. The highest BCUT2D eigenvalue weighted by Crippen LogP contribution is 2.30. The molecule has 1 heterocycles. The monoisotopic (exact) mass is 369 g/mol. The van der Waals surface area contributed by atoms with Crippen molar-refractivity contribution in [2.75, 3.05) is 7.05 Å². The molecule has 0 atom stereocenters. The van der Waals surface area contributed by atoms with Gasteiger partial charge in [0, 0.05) is 13.6 Å². The van der Waals surface area contributed by atoms with E-state index < -0.39 is 21.8 Å². The van der Waals surface area contributed by atoms with Crippen LogP contribution in [-0.2, 0) is 22.7 Å². The first kappa shape index (κ1) is 17.3. The fraction of sp³-hybridized carbons (Fsp3) is 0.231. The van der Waals surface area contributed by atoms with Gasteiger partial charge < -0.3 is 0 Å². The van der Waals surface area contributed by atoms with Crippen LogP contribution in [0.1, 0.15) is 11.1 Å². The van der Waals surface area contributed by atoms with E-state index in [1.807, 2.05) is 0 Å². The second-order valence-electron chi connectivity index (χ2n) is 4.51. The van der Waals surface area contributed by atoms with E-state index in [0.29, 0.717) is 9.90 Å². The van der Waals surface area contributed by atoms with Crippen LogP contribution in [0.4, 0.5) is 13.2 Å². The van der Waals surface area contributed by atoms with Crippen LogP contribution >= 0.6 is 22.9 Å². The number of nitrogens with zero attached hydrogens (tertiary/aromatic N) is 1. The van der Waals surface area contributed by atoms with Gasteiger partial charge in [-0.15, -0.1) is 11.3 Å². The molecule has 0 spiro atoms. The van der Waals surface area contributed by atoms with Crippen molar-refractivity contribution >= 4 is 33.0 Å². The van der Waals surface area contributed by atoms with Crippen LogP contribution in [0.25, 0.3) is 0 Å². The predicted octanol–water partition coefficient (Wildman–Crippen LogP) is 4.24. The van der Waals surface area contributed by atoms with Gasteiger partial charge in [0.15, 0.2) is 0 Å². The van der Waals surface area contributed by atoms with Gasteiger partial charge in [0.2, 0.25) is 0 Å². The molecule has 0 saturated carbocycles. The van der Waals surface area contributed by atoms with Crippen molar-refractivity contribution in [3.63, 3.8) is 0 Å². The van der Waals surface area contributed by atoms with Crippen molar-refractivity contribution < 1.29 is 21.6 Å². The molecule has 3 nitrogen and oxygen atoms in total. The van der Waals surface area contributed by atoms with E-state index in [1.165, 1.54) is 31.3 Å². The van der Waals surface area contributed by atoms with Crippen LogP contribution < -0.4 is 0 Å². The number of halogens is 4. The third kappa shape index (κ3) is 3.81. The van der Waals surface area contributed by atoms with Gasteiger partial charge >= 0.3 is 6.18 Å². The summed E-state index contributed by atoms with van der Waals surface area (Å²) in [6.07, 6.45) is -4.41. The average molecular weight is 370 g/mol. The van der Waals surface area contributed by atoms with E-state index in [1.54, 1.807) is 0 Å². The van der Waals surface area contributed by atoms with Gasteiger partial charge in [-0.05, 0) is 29.8 Å². The molecule has 120 valence electrons. The summed E-state index contributed by atoms with van der Waals surface area (Å²) < 4.78 is 63.5. The molecule has 0 amide bonds. The Balaban J connectivity index is 2.16. The van der Waals surface area contributed by atoms with Gasteiger partial charge in [0.25, 0.3) is 10.0 Å². The molecule has 22 heavy (non-hydrogen) atoms. The van der Waals surface area contributed by atoms with Crippen molar-refractivity contribution in [2.24, 2.45) is 0 Å². The van der Waals surface area contributed by atoms with Crippen LogP contribution in [0.2, 0.25) is 4.34 Å². The normalized spacial score (nSPS) is 12.8. The van der Waals surface area contributed by atoms with Crippen molar-refractivity contribution in [3.05, 3.63) is 51.9 Å². The first-order valence-corrected chi connectivity index (χ1v) is 8.62. The Morgan fingerprint density at radius 2 is 1.73 bits per heavy atom. The fourth-order valence-electron chi connectivity index (χ4n) is 1.73. The van der Waals surface area contributed by atoms with Crippen LogP contribution in [0, 0.1) is 0 Å². The van der Waals surface area contributed by atoms with Crippen LogP contribution in [-0.4, -0.2) is 19.8 Å². The van der Waals surface area contributed by atoms with Gasteiger partial charge in [0.1, 0.15) is 4.21 Å². The Labute approximate surface area is 135 Å². The zero-order chi connectivity index (χ0) is 16.5. The molecule has 9 heteroatoms. The number of hydrogen-bond donors (Lipinski definition) is 0. The Morgan fingerprint density at radius 1 is 1.14 bits per heavy atom. The minimum atomic E-state index is -4.41. The molecule has 0 radical (unpaired) electrons. The summed E-state index contributed by atoms with van der Waals surface area (Å²) in [7, 11) is -2.35. The number of thiophene rings is 1. The molecular formula is C13H11ClF3NO2S2. The number of rotatable bonds is 4. The maximum atomic E-state index is 12.5. The number of sulfonamides is 1. The fourth-order valence-corrected chi connectivity index (χ4v) is 4.58. The van der Waals surface area contributed by atoms with Crippen molar-refractivity contribution in [3.8, 4) is 0 Å². The average Bonchev–Trinajstić information content (AvgIpc) is 2.85. The topological polar surface area (TPSA) is 37.4 Å². The summed E-state index contributed by atoms with van der Waals surface area (Å²) in [5.41, 5.74) is -0.312. The molecule has 0 N–H and O–H groups in total. The number of hydrogen-bond acceptors (Lipinski definition) is 3. The predicted molar refractivity (Wildman–Crippen MR) is 79.4 cm³/mol. The molecule has 0 saturated heterocycles. The number of benzene rings is 1. The summed E-state index contributed by atoms with van der Waals surface area (Å²) in [4.78, 5) is 0. The quantitative estimate of drug-likeness (QED) is 0.808. The van der Waals surface area contributed by atoms with Gasteiger partial charge in [-0.2, -0.15) is 17.5 Å². The summed E-state index contributed by atoms with van der Waals surface area (Å²) in [6, 6.07) is 7.25. The number of alkyl halides is 3. The minimum Gasteiger partial charge on any atom is -0.206 e. The second kappa shape index (κ2) is 6.19. The minimum absolute atomic E-state index is 0.0318. The molecule has 0 bridgehead atoms. The van der Waals surface area contributed by atoms with Gasteiger partial charge in [-0.25, -0.2) is 8.42 Å². The molecular weight excluding hydrogens is 359 g/mol. The van der Waals surface area contributed by atoms with E-state index in [0.717, 1.165) is 27.8 Å². The molecule has 2 aromatic rings. The lowest BCUT2D eigenvalue weighted by Crippen LogP contribution is -2.25. The maximum absolute atomic E-state index is 12.5. The van der Waals surface area contributed by atoms with Crippen LogP contribution in [0.15, 0.2) is 40.6 Å². The first-order valence-electron chi connectivity index (χ1n) is 5.98. The molecule has 1 aromatic heterocycles. The lowest BCUT2D eigenvalue weighted by atomic mass is 10.1. The first-order chi connectivity index (χ1) is 10.1. The third-order valence-electron chi connectivity index (χ3n) is 2.90. The maximum Gasteiger partial charge on any atom is 0.416 e. The van der Waals surface area contributed by atoms with Gasteiger partial charge in [-0.1, -0.05) is 23.7 Å². The summed E-state index contributed by atoms with van der Waals surface area (Å²) in [6.45, 7) is -0.0318. The van der Waals surface area contributed by atoms with E-state index in [9.17, 15) is 21.6 Å².